The standard InChI is InChI=1S/C23H25N3O5S.ClH/c1-29-17-13-16(27)19(21(31-3)20(17)30-2)23(28)25-11-10-14-6-8-15(9-7-14)26-22(24)18-5-4-12-32-18;/h4-9,12-13,27H,10-11H2,1-3H3,(H2,24,26)(H,25,28);1H. The van der Waals surface area contributed by atoms with Crippen molar-refractivity contribution < 1.29 is 24.1 Å². The van der Waals surface area contributed by atoms with Gasteiger partial charge in [-0.2, -0.15) is 0 Å². The molecule has 1 heterocycles. The number of ether oxygens (including phenoxy) is 3. The summed E-state index contributed by atoms with van der Waals surface area (Å²) >= 11 is 1.54. The fourth-order valence-electron chi connectivity index (χ4n) is 3.13. The number of thiophene rings is 1. The lowest BCUT2D eigenvalue weighted by molar-refractivity contribution is 0.0947. The molecule has 4 N–H and O–H groups in total. The van der Waals surface area contributed by atoms with Crippen LogP contribution in [0.15, 0.2) is 52.8 Å². The molecular formula is C23H26ClN3O5S. The van der Waals surface area contributed by atoms with Crippen LogP contribution >= 0.6 is 23.7 Å². The van der Waals surface area contributed by atoms with Gasteiger partial charge in [-0.3, -0.25) is 4.79 Å². The van der Waals surface area contributed by atoms with E-state index in [4.69, 9.17) is 19.9 Å². The van der Waals surface area contributed by atoms with Gasteiger partial charge < -0.3 is 30.4 Å². The molecule has 0 unspecified atom stereocenters. The summed E-state index contributed by atoms with van der Waals surface area (Å²) in [5.74, 6) is 0.334. The second-order valence-electron chi connectivity index (χ2n) is 6.69. The Labute approximate surface area is 202 Å². The molecule has 0 aliphatic rings. The van der Waals surface area contributed by atoms with Crippen LogP contribution in [0.2, 0.25) is 0 Å². The van der Waals surface area contributed by atoms with Gasteiger partial charge >= 0.3 is 0 Å². The Balaban J connectivity index is 0.00000385. The highest BCUT2D eigenvalue weighted by Gasteiger charge is 2.25. The molecular weight excluding hydrogens is 466 g/mol. The van der Waals surface area contributed by atoms with Gasteiger partial charge in [0.15, 0.2) is 11.5 Å². The number of nitrogens with two attached hydrogens (primary N) is 1. The van der Waals surface area contributed by atoms with Gasteiger partial charge in [0, 0.05) is 12.6 Å². The molecule has 10 heteroatoms. The average Bonchev–Trinajstić information content (AvgIpc) is 3.34. The number of hydrogen-bond donors (Lipinski definition) is 3. The molecule has 0 aliphatic heterocycles. The molecule has 8 nitrogen and oxygen atoms in total. The number of carbonyl (C=O) groups is 1. The van der Waals surface area contributed by atoms with Crippen LogP contribution in [0.25, 0.3) is 0 Å². The average molecular weight is 492 g/mol. The summed E-state index contributed by atoms with van der Waals surface area (Å²) in [6.07, 6.45) is 0.590. The van der Waals surface area contributed by atoms with Crippen LogP contribution in [0.1, 0.15) is 20.8 Å². The van der Waals surface area contributed by atoms with Crippen molar-refractivity contribution in [3.63, 3.8) is 0 Å². The van der Waals surface area contributed by atoms with Gasteiger partial charge in [0.05, 0.1) is 31.9 Å². The number of aromatic hydroxyl groups is 1. The molecule has 0 spiro atoms. The molecule has 0 saturated carbocycles. The lowest BCUT2D eigenvalue weighted by atomic mass is 10.1. The van der Waals surface area contributed by atoms with Crippen LogP contribution in [-0.2, 0) is 6.42 Å². The van der Waals surface area contributed by atoms with Crippen LogP contribution in [0.3, 0.4) is 0 Å². The Morgan fingerprint density at radius 1 is 1.09 bits per heavy atom. The van der Waals surface area contributed by atoms with Crippen LogP contribution in [-0.4, -0.2) is 44.7 Å². The van der Waals surface area contributed by atoms with Crippen molar-refractivity contribution in [1.82, 2.24) is 5.32 Å². The maximum absolute atomic E-state index is 12.7. The zero-order valence-corrected chi connectivity index (χ0v) is 20.1. The number of hydrogen-bond acceptors (Lipinski definition) is 7. The van der Waals surface area contributed by atoms with E-state index in [0.717, 1.165) is 16.1 Å². The number of phenols is 1. The number of halogens is 1. The number of nitrogens with one attached hydrogen (secondary N) is 1. The molecule has 0 saturated heterocycles. The maximum atomic E-state index is 12.7. The van der Waals surface area contributed by atoms with Crippen molar-refractivity contribution in [1.29, 1.82) is 0 Å². The first kappa shape index (κ1) is 25.8. The third-order valence-corrected chi connectivity index (χ3v) is 5.59. The summed E-state index contributed by atoms with van der Waals surface area (Å²) in [5.41, 5.74) is 7.77. The van der Waals surface area contributed by atoms with Crippen LogP contribution < -0.4 is 25.3 Å². The van der Waals surface area contributed by atoms with Crippen LogP contribution in [0.5, 0.6) is 23.0 Å². The quantitative estimate of drug-likeness (QED) is 0.309. The van der Waals surface area contributed by atoms with E-state index in [1.165, 1.54) is 38.7 Å². The Morgan fingerprint density at radius 2 is 1.79 bits per heavy atom. The lowest BCUT2D eigenvalue weighted by Crippen LogP contribution is -2.26. The number of carbonyl (C=O) groups excluding carboxylic acids is 1. The van der Waals surface area contributed by atoms with E-state index in [-0.39, 0.29) is 41.0 Å². The Morgan fingerprint density at radius 3 is 2.36 bits per heavy atom. The maximum Gasteiger partial charge on any atom is 0.259 e. The SMILES string of the molecule is COc1cc(O)c(C(=O)NCCc2ccc(N=C(N)c3cccs3)cc2)c(OC)c1OC.Cl. The number of phenolic OH excluding ortho intramolecular Hbond substituents is 1. The molecule has 0 atom stereocenters. The molecule has 0 aliphatic carbocycles. The molecule has 0 radical (unpaired) electrons. The van der Waals surface area contributed by atoms with Crippen molar-refractivity contribution in [3.8, 4) is 23.0 Å². The van der Waals surface area contributed by atoms with Gasteiger partial charge in [0.25, 0.3) is 5.91 Å². The highest BCUT2D eigenvalue weighted by atomic mass is 35.5. The normalized spacial score (nSPS) is 10.8. The largest absolute Gasteiger partial charge is 0.507 e. The number of rotatable bonds is 9. The van der Waals surface area contributed by atoms with Gasteiger partial charge in [-0.15, -0.1) is 23.7 Å². The van der Waals surface area contributed by atoms with E-state index in [1.54, 1.807) is 0 Å². The lowest BCUT2D eigenvalue weighted by Gasteiger charge is -2.17. The van der Waals surface area contributed by atoms with E-state index < -0.39 is 5.91 Å². The molecule has 1 aromatic heterocycles. The molecule has 0 bridgehead atoms. The topological polar surface area (TPSA) is 115 Å². The number of aliphatic imine (C=N–C) groups is 1. The Hall–Kier alpha value is -3.43. The first-order chi connectivity index (χ1) is 15.5. The zero-order valence-electron chi connectivity index (χ0n) is 18.5. The predicted molar refractivity (Wildman–Crippen MR) is 132 cm³/mol. The van der Waals surface area contributed by atoms with Gasteiger partial charge in [-0.25, -0.2) is 4.99 Å². The Kier molecular flexibility index (Phi) is 9.38. The number of benzene rings is 2. The minimum Gasteiger partial charge on any atom is -0.507 e. The molecule has 0 fully saturated rings. The summed E-state index contributed by atoms with van der Waals surface area (Å²) in [5, 5.41) is 15.1. The molecule has 1 amide bonds. The number of nitrogens with zero attached hydrogens (tertiary/aromatic N) is 1. The van der Waals surface area contributed by atoms with Crippen molar-refractivity contribution in [2.24, 2.45) is 10.7 Å². The second-order valence-corrected chi connectivity index (χ2v) is 7.63. The molecule has 2 aromatic carbocycles. The van der Waals surface area contributed by atoms with Gasteiger partial charge in [0.2, 0.25) is 5.75 Å². The van der Waals surface area contributed by atoms with Gasteiger partial charge in [-0.1, -0.05) is 18.2 Å². The molecule has 3 aromatic rings. The summed E-state index contributed by atoms with van der Waals surface area (Å²) in [4.78, 5) is 18.1. The molecule has 33 heavy (non-hydrogen) atoms. The number of amides is 1. The summed E-state index contributed by atoms with van der Waals surface area (Å²) < 4.78 is 15.8. The minimum atomic E-state index is -0.481. The monoisotopic (exact) mass is 491 g/mol. The van der Waals surface area contributed by atoms with Crippen molar-refractivity contribution in [3.05, 3.63) is 63.8 Å². The number of methoxy groups -OCH3 is 3. The summed E-state index contributed by atoms with van der Waals surface area (Å²) in [7, 11) is 4.26. The van der Waals surface area contributed by atoms with Gasteiger partial charge in [0.1, 0.15) is 17.1 Å². The fourth-order valence-corrected chi connectivity index (χ4v) is 3.75. The Bertz CT molecular complexity index is 1100. The smallest absolute Gasteiger partial charge is 0.259 e. The zero-order chi connectivity index (χ0) is 23.1. The highest BCUT2D eigenvalue weighted by molar-refractivity contribution is 7.12. The second kappa shape index (κ2) is 12.0. The van der Waals surface area contributed by atoms with E-state index in [9.17, 15) is 9.90 Å². The van der Waals surface area contributed by atoms with E-state index in [1.807, 2.05) is 41.8 Å². The highest BCUT2D eigenvalue weighted by Crippen LogP contribution is 2.44. The first-order valence-electron chi connectivity index (χ1n) is 9.75. The van der Waals surface area contributed by atoms with E-state index in [2.05, 4.69) is 10.3 Å². The minimum absolute atomic E-state index is 0. The summed E-state index contributed by atoms with van der Waals surface area (Å²) in [6, 6.07) is 12.8. The van der Waals surface area contributed by atoms with Crippen LogP contribution in [0, 0.1) is 0 Å². The third-order valence-electron chi connectivity index (χ3n) is 4.70. The van der Waals surface area contributed by atoms with Crippen molar-refractivity contribution in [2.75, 3.05) is 27.9 Å². The fraction of sp³-hybridized carbons (Fsp3) is 0.217. The predicted octanol–water partition coefficient (Wildman–Crippen LogP) is 3.91. The third kappa shape index (κ3) is 6.09. The van der Waals surface area contributed by atoms with Crippen LogP contribution in [0.4, 0.5) is 5.69 Å². The summed E-state index contributed by atoms with van der Waals surface area (Å²) in [6.45, 7) is 0.357. The van der Waals surface area contributed by atoms with Gasteiger partial charge in [-0.05, 0) is 35.6 Å². The molecule has 176 valence electrons. The van der Waals surface area contributed by atoms with E-state index in [0.29, 0.717) is 18.8 Å². The molecule has 3 rings (SSSR count). The van der Waals surface area contributed by atoms with Crippen molar-refractivity contribution >= 4 is 41.2 Å². The van der Waals surface area contributed by atoms with E-state index >= 15 is 0 Å². The number of amidine groups is 1. The first-order valence-corrected chi connectivity index (χ1v) is 10.6. The van der Waals surface area contributed by atoms with Crippen molar-refractivity contribution in [2.45, 2.75) is 6.42 Å².